The van der Waals surface area contributed by atoms with Crippen LogP contribution >= 0.6 is 0 Å². The number of benzene rings is 2. The molecule has 9 heteroatoms. The minimum Gasteiger partial charge on any atom is -0.493 e. The van der Waals surface area contributed by atoms with Crippen molar-refractivity contribution in [1.29, 1.82) is 0 Å². The van der Waals surface area contributed by atoms with E-state index in [1.807, 2.05) is 19.9 Å². The minimum absolute atomic E-state index is 0.207. The fourth-order valence-electron chi connectivity index (χ4n) is 3.86. The van der Waals surface area contributed by atoms with Crippen molar-refractivity contribution in [2.24, 2.45) is 0 Å². The van der Waals surface area contributed by atoms with Crippen LogP contribution < -0.4 is 19.7 Å². The standard InChI is InChI=1S/C27H27N3O6/c1-17-22(18(2)36-29-17)16-35-23-13-7-19(15-24(23)34-3)8-14-25(31)28-20-9-11-21(12-10-20)30-26(32)5-4-6-27(30)33/h7-15H,4-6,16H2,1-3H3,(H,28,31)/b14-8+. The summed E-state index contributed by atoms with van der Waals surface area (Å²) in [5, 5.41) is 6.69. The lowest BCUT2D eigenvalue weighted by Crippen LogP contribution is -2.40. The maximum Gasteiger partial charge on any atom is 0.248 e. The lowest BCUT2D eigenvalue weighted by atomic mass is 10.1. The number of carbonyl (C=O) groups is 3. The van der Waals surface area contributed by atoms with Crippen LogP contribution in [0.5, 0.6) is 11.5 Å². The molecular weight excluding hydrogens is 462 g/mol. The Morgan fingerprint density at radius 2 is 1.81 bits per heavy atom. The first-order chi connectivity index (χ1) is 17.4. The summed E-state index contributed by atoms with van der Waals surface area (Å²) in [6.07, 6.45) is 4.36. The molecule has 2 aromatic carbocycles. The lowest BCUT2D eigenvalue weighted by molar-refractivity contribution is -0.129. The fourth-order valence-corrected chi connectivity index (χ4v) is 3.86. The van der Waals surface area contributed by atoms with Gasteiger partial charge in [0.25, 0.3) is 0 Å². The maximum atomic E-state index is 12.4. The number of anilines is 2. The zero-order chi connectivity index (χ0) is 25.7. The van der Waals surface area contributed by atoms with Crippen molar-refractivity contribution in [2.45, 2.75) is 39.7 Å². The number of rotatable bonds is 8. The van der Waals surface area contributed by atoms with Gasteiger partial charge in [-0.3, -0.25) is 19.3 Å². The summed E-state index contributed by atoms with van der Waals surface area (Å²) >= 11 is 0. The lowest BCUT2D eigenvalue weighted by Gasteiger charge is -2.24. The number of aryl methyl sites for hydroxylation is 2. The third-order valence-corrected chi connectivity index (χ3v) is 5.84. The largest absolute Gasteiger partial charge is 0.493 e. The number of carbonyl (C=O) groups excluding carboxylic acids is 3. The third kappa shape index (κ3) is 5.63. The summed E-state index contributed by atoms with van der Waals surface area (Å²) in [4.78, 5) is 37.8. The van der Waals surface area contributed by atoms with Gasteiger partial charge in [0.1, 0.15) is 12.4 Å². The van der Waals surface area contributed by atoms with Crippen LogP contribution in [0.25, 0.3) is 6.08 Å². The Hall–Kier alpha value is -4.40. The first-order valence-corrected chi connectivity index (χ1v) is 11.5. The van der Waals surface area contributed by atoms with Gasteiger partial charge in [-0.1, -0.05) is 11.2 Å². The number of nitrogens with zero attached hydrogens (tertiary/aromatic N) is 2. The summed E-state index contributed by atoms with van der Waals surface area (Å²) in [5.41, 5.74) is 3.47. The van der Waals surface area contributed by atoms with Crippen LogP contribution in [-0.2, 0) is 21.0 Å². The molecule has 36 heavy (non-hydrogen) atoms. The van der Waals surface area contributed by atoms with Gasteiger partial charge in [0.15, 0.2) is 11.5 Å². The van der Waals surface area contributed by atoms with Gasteiger partial charge < -0.3 is 19.3 Å². The molecule has 0 unspecified atom stereocenters. The molecule has 0 aliphatic carbocycles. The second-order valence-electron chi connectivity index (χ2n) is 8.35. The van der Waals surface area contributed by atoms with Gasteiger partial charge in [0.05, 0.1) is 24.1 Å². The van der Waals surface area contributed by atoms with Crippen molar-refractivity contribution in [2.75, 3.05) is 17.3 Å². The number of hydrogen-bond donors (Lipinski definition) is 1. The highest BCUT2D eigenvalue weighted by Gasteiger charge is 2.27. The van der Waals surface area contributed by atoms with Gasteiger partial charge in [0.2, 0.25) is 17.7 Å². The van der Waals surface area contributed by atoms with Gasteiger partial charge in [-0.15, -0.1) is 0 Å². The highest BCUT2D eigenvalue weighted by atomic mass is 16.5. The molecule has 0 spiro atoms. The predicted molar refractivity (Wildman–Crippen MR) is 134 cm³/mol. The molecule has 0 radical (unpaired) electrons. The van der Waals surface area contributed by atoms with Gasteiger partial charge in [-0.25, -0.2) is 0 Å². The van der Waals surface area contributed by atoms with Crippen LogP contribution in [0.1, 0.15) is 41.8 Å². The number of imide groups is 1. The molecule has 1 N–H and O–H groups in total. The Labute approximate surface area is 208 Å². The summed E-state index contributed by atoms with van der Waals surface area (Å²) in [6.45, 7) is 3.99. The summed E-state index contributed by atoms with van der Waals surface area (Å²) < 4.78 is 16.5. The van der Waals surface area contributed by atoms with Crippen molar-refractivity contribution in [3.8, 4) is 11.5 Å². The highest BCUT2D eigenvalue weighted by molar-refractivity contribution is 6.16. The van der Waals surface area contributed by atoms with Gasteiger partial charge in [0, 0.05) is 24.6 Å². The van der Waals surface area contributed by atoms with E-state index in [1.54, 1.807) is 49.6 Å². The number of hydrogen-bond acceptors (Lipinski definition) is 7. The van der Waals surface area contributed by atoms with E-state index in [0.717, 1.165) is 16.8 Å². The van der Waals surface area contributed by atoms with Gasteiger partial charge >= 0.3 is 0 Å². The zero-order valence-electron chi connectivity index (χ0n) is 20.4. The molecule has 1 aromatic heterocycles. The molecule has 3 amide bonds. The van der Waals surface area contributed by atoms with Crippen LogP contribution in [0, 0.1) is 13.8 Å². The minimum atomic E-state index is -0.328. The molecule has 4 rings (SSSR count). The van der Waals surface area contributed by atoms with E-state index in [-0.39, 0.29) is 17.7 Å². The van der Waals surface area contributed by atoms with Crippen molar-refractivity contribution in [1.82, 2.24) is 5.16 Å². The molecule has 1 aliphatic rings. The fraction of sp³-hybridized carbons (Fsp3) is 0.259. The number of aromatic nitrogens is 1. The highest BCUT2D eigenvalue weighted by Crippen LogP contribution is 2.30. The normalized spacial score (nSPS) is 13.8. The first kappa shape index (κ1) is 24.7. The third-order valence-electron chi connectivity index (χ3n) is 5.84. The van der Waals surface area contributed by atoms with Gasteiger partial charge in [-0.2, -0.15) is 0 Å². The topological polar surface area (TPSA) is 111 Å². The predicted octanol–water partition coefficient (Wildman–Crippen LogP) is 4.57. The summed E-state index contributed by atoms with van der Waals surface area (Å²) in [6, 6.07) is 12.0. The van der Waals surface area contributed by atoms with E-state index in [2.05, 4.69) is 10.5 Å². The van der Waals surface area contributed by atoms with E-state index in [9.17, 15) is 14.4 Å². The molecule has 3 aromatic rings. The SMILES string of the molecule is COc1cc(/C=C/C(=O)Nc2ccc(N3C(=O)CCCC3=O)cc2)ccc1OCc1c(C)noc1C. The maximum absolute atomic E-state index is 12.4. The summed E-state index contributed by atoms with van der Waals surface area (Å²) in [7, 11) is 1.55. The molecule has 1 saturated heterocycles. The molecule has 1 fully saturated rings. The smallest absolute Gasteiger partial charge is 0.248 e. The molecule has 0 atom stereocenters. The molecule has 0 saturated carbocycles. The zero-order valence-corrected chi connectivity index (χ0v) is 20.4. The Morgan fingerprint density at radius 1 is 1.08 bits per heavy atom. The van der Waals surface area contributed by atoms with E-state index in [1.165, 1.54) is 11.0 Å². The van der Waals surface area contributed by atoms with E-state index in [4.69, 9.17) is 14.0 Å². The first-order valence-electron chi connectivity index (χ1n) is 11.5. The van der Waals surface area contributed by atoms with E-state index >= 15 is 0 Å². The number of nitrogens with one attached hydrogen (secondary N) is 1. The van der Waals surface area contributed by atoms with E-state index < -0.39 is 0 Å². The molecule has 2 heterocycles. The molecule has 186 valence electrons. The van der Waals surface area contributed by atoms with E-state index in [0.29, 0.717) is 54.5 Å². The van der Waals surface area contributed by atoms with Crippen LogP contribution in [0.4, 0.5) is 11.4 Å². The van der Waals surface area contributed by atoms with Crippen molar-refractivity contribution in [3.63, 3.8) is 0 Å². The molecular formula is C27H27N3O6. The quantitative estimate of drug-likeness (QED) is 0.364. The van der Waals surface area contributed by atoms with Crippen LogP contribution in [-0.4, -0.2) is 30.0 Å². The second kappa shape index (κ2) is 10.9. The average Bonchev–Trinajstić information content (AvgIpc) is 3.19. The number of methoxy groups -OCH3 is 1. The Bertz CT molecular complexity index is 1270. The molecule has 0 bridgehead atoms. The Kier molecular flexibility index (Phi) is 7.48. The number of ether oxygens (including phenoxy) is 2. The number of amides is 3. The van der Waals surface area contributed by atoms with Crippen LogP contribution in [0.15, 0.2) is 53.1 Å². The van der Waals surface area contributed by atoms with Crippen LogP contribution in [0.3, 0.4) is 0 Å². The Balaban J connectivity index is 1.37. The van der Waals surface area contributed by atoms with Crippen molar-refractivity contribution < 1.29 is 28.4 Å². The number of piperidine rings is 1. The van der Waals surface area contributed by atoms with Gasteiger partial charge in [-0.05, 0) is 68.3 Å². The van der Waals surface area contributed by atoms with Crippen molar-refractivity contribution >= 4 is 35.2 Å². The average molecular weight is 490 g/mol. The monoisotopic (exact) mass is 489 g/mol. The molecule has 9 nitrogen and oxygen atoms in total. The Morgan fingerprint density at radius 3 is 2.44 bits per heavy atom. The summed E-state index contributed by atoms with van der Waals surface area (Å²) in [5.74, 6) is 1.06. The van der Waals surface area contributed by atoms with Crippen molar-refractivity contribution in [3.05, 3.63) is 71.1 Å². The van der Waals surface area contributed by atoms with Crippen LogP contribution in [0.2, 0.25) is 0 Å². The molecule has 1 aliphatic heterocycles. The second-order valence-corrected chi connectivity index (χ2v) is 8.35.